The first-order chi connectivity index (χ1) is 13.2. The molecule has 0 amide bonds. The van der Waals surface area contributed by atoms with Crippen LogP contribution in [0.1, 0.15) is 24.5 Å². The molecule has 0 saturated heterocycles. The molecular formula is C21H22ClNO4S. The molecule has 0 fully saturated rings. The summed E-state index contributed by atoms with van der Waals surface area (Å²) < 4.78 is 24.9. The quantitative estimate of drug-likeness (QED) is 0.625. The van der Waals surface area contributed by atoms with Crippen LogP contribution in [0.3, 0.4) is 0 Å². The fourth-order valence-corrected chi connectivity index (χ4v) is 4.41. The van der Waals surface area contributed by atoms with Crippen molar-refractivity contribution in [1.29, 1.82) is 0 Å². The number of rotatable bonds is 7. The lowest BCUT2D eigenvalue weighted by Crippen LogP contribution is -2.42. The molecule has 1 aromatic heterocycles. The molecule has 148 valence electrons. The van der Waals surface area contributed by atoms with Gasteiger partial charge in [-0.1, -0.05) is 42.8 Å². The first-order valence-electron chi connectivity index (χ1n) is 8.95. The zero-order valence-corrected chi connectivity index (χ0v) is 17.3. The zero-order valence-electron chi connectivity index (χ0n) is 15.7. The summed E-state index contributed by atoms with van der Waals surface area (Å²) in [6.45, 7) is 1.84. The maximum atomic E-state index is 12.5. The Kier molecular flexibility index (Phi) is 5.55. The van der Waals surface area contributed by atoms with Gasteiger partial charge in [0.1, 0.15) is 9.84 Å². The van der Waals surface area contributed by atoms with Crippen molar-refractivity contribution in [3.05, 3.63) is 70.9 Å². The van der Waals surface area contributed by atoms with E-state index >= 15 is 0 Å². The van der Waals surface area contributed by atoms with E-state index < -0.39 is 21.3 Å². The van der Waals surface area contributed by atoms with Gasteiger partial charge in [-0.15, -0.1) is 0 Å². The van der Waals surface area contributed by atoms with E-state index in [0.717, 1.165) is 16.5 Å². The monoisotopic (exact) mass is 419 g/mol. The Morgan fingerprint density at radius 1 is 1.14 bits per heavy atom. The summed E-state index contributed by atoms with van der Waals surface area (Å²) in [4.78, 5) is 12.5. The molecular weight excluding hydrogens is 398 g/mol. The second kappa shape index (κ2) is 7.60. The number of aryl methyl sites for hydroxylation is 1. The van der Waals surface area contributed by atoms with E-state index in [1.165, 1.54) is 6.26 Å². The molecule has 1 atom stereocenters. The van der Waals surface area contributed by atoms with E-state index in [1.54, 1.807) is 35.0 Å². The molecule has 0 aliphatic heterocycles. The van der Waals surface area contributed by atoms with Crippen molar-refractivity contribution in [2.75, 3.05) is 12.0 Å². The van der Waals surface area contributed by atoms with Gasteiger partial charge in [0.2, 0.25) is 0 Å². The third-order valence-electron chi connectivity index (χ3n) is 5.16. The Labute approximate surface area is 169 Å². The van der Waals surface area contributed by atoms with Crippen molar-refractivity contribution >= 4 is 38.3 Å². The van der Waals surface area contributed by atoms with Crippen LogP contribution in [-0.4, -0.2) is 36.1 Å². The number of benzene rings is 2. The first-order valence-corrected chi connectivity index (χ1v) is 11.4. The van der Waals surface area contributed by atoms with Crippen molar-refractivity contribution in [3.63, 3.8) is 0 Å². The Morgan fingerprint density at radius 3 is 2.39 bits per heavy atom. The average Bonchev–Trinajstić information content (AvgIpc) is 3.07. The largest absolute Gasteiger partial charge is 0.479 e. The number of aliphatic carboxylic acids is 1. The smallest absolute Gasteiger partial charge is 0.334 e. The minimum absolute atomic E-state index is 0.0479. The van der Waals surface area contributed by atoms with Gasteiger partial charge >= 0.3 is 5.97 Å². The van der Waals surface area contributed by atoms with Crippen LogP contribution in [0.25, 0.3) is 10.9 Å². The topological polar surface area (TPSA) is 76.4 Å². The number of carboxylic acids is 1. The molecule has 0 aliphatic rings. The molecule has 0 aliphatic carbocycles. The third-order valence-corrected chi connectivity index (χ3v) is 6.36. The summed E-state index contributed by atoms with van der Waals surface area (Å²) in [6, 6.07) is 14.3. The van der Waals surface area contributed by atoms with Crippen molar-refractivity contribution in [2.24, 2.45) is 0 Å². The highest BCUT2D eigenvalue weighted by Crippen LogP contribution is 2.36. The Hall–Kier alpha value is -2.31. The normalized spacial score (nSPS) is 14.1. The Morgan fingerprint density at radius 2 is 1.82 bits per heavy atom. The number of nitrogens with zero attached hydrogens (tertiary/aromatic N) is 1. The molecule has 0 saturated carbocycles. The lowest BCUT2D eigenvalue weighted by Gasteiger charge is -2.32. The molecule has 0 bridgehead atoms. The fourth-order valence-electron chi connectivity index (χ4n) is 3.69. The van der Waals surface area contributed by atoms with Crippen LogP contribution < -0.4 is 0 Å². The predicted octanol–water partition coefficient (Wildman–Crippen LogP) is 4.12. The standard InChI is InChI=1S/C21H22ClNO4S/c1-3-21(20(24)25,16-7-9-17(22)10-8-16)23-13-11-18-15(5-4-6-19(18)23)12-14-28(2,26)27/h4-11,13H,3,12,14H2,1-2H3,(H,24,25). The maximum absolute atomic E-state index is 12.5. The van der Waals surface area contributed by atoms with Gasteiger partial charge in [0.25, 0.3) is 0 Å². The molecule has 0 spiro atoms. The molecule has 1 heterocycles. The zero-order chi connectivity index (χ0) is 20.5. The fraction of sp³-hybridized carbons (Fsp3) is 0.286. The summed E-state index contributed by atoms with van der Waals surface area (Å²) in [6.07, 6.45) is 3.70. The van der Waals surface area contributed by atoms with Crippen molar-refractivity contribution < 1.29 is 18.3 Å². The predicted molar refractivity (Wildman–Crippen MR) is 112 cm³/mol. The van der Waals surface area contributed by atoms with E-state index in [1.807, 2.05) is 31.2 Å². The van der Waals surface area contributed by atoms with Gasteiger partial charge in [-0.25, -0.2) is 13.2 Å². The van der Waals surface area contributed by atoms with Gasteiger partial charge in [-0.3, -0.25) is 0 Å². The van der Waals surface area contributed by atoms with E-state index in [2.05, 4.69) is 0 Å². The highest BCUT2D eigenvalue weighted by molar-refractivity contribution is 7.90. The Bertz CT molecular complexity index is 1120. The van der Waals surface area contributed by atoms with Crippen molar-refractivity contribution in [2.45, 2.75) is 25.3 Å². The van der Waals surface area contributed by atoms with E-state index in [4.69, 9.17) is 11.6 Å². The lowest BCUT2D eigenvalue weighted by atomic mass is 9.86. The number of aromatic nitrogens is 1. The minimum atomic E-state index is -3.09. The summed E-state index contributed by atoms with van der Waals surface area (Å²) in [5.41, 5.74) is 0.978. The molecule has 3 aromatic rings. The highest BCUT2D eigenvalue weighted by Gasteiger charge is 2.41. The highest BCUT2D eigenvalue weighted by atomic mass is 35.5. The van der Waals surface area contributed by atoms with Crippen LogP contribution in [0.15, 0.2) is 54.7 Å². The molecule has 5 nitrogen and oxygen atoms in total. The van der Waals surface area contributed by atoms with Crippen LogP contribution >= 0.6 is 11.6 Å². The molecule has 2 aromatic carbocycles. The van der Waals surface area contributed by atoms with E-state index in [0.29, 0.717) is 23.4 Å². The van der Waals surface area contributed by atoms with Crippen LogP contribution in [-0.2, 0) is 26.6 Å². The summed E-state index contributed by atoms with van der Waals surface area (Å²) in [7, 11) is -3.09. The van der Waals surface area contributed by atoms with Gasteiger partial charge in [-0.05, 0) is 48.2 Å². The number of fused-ring (bicyclic) bond motifs is 1. The SMILES string of the molecule is CCC(C(=O)O)(c1ccc(Cl)cc1)n1ccc2c(CCS(C)(=O)=O)cccc21. The van der Waals surface area contributed by atoms with Gasteiger partial charge in [0.15, 0.2) is 5.54 Å². The summed E-state index contributed by atoms with van der Waals surface area (Å²) in [5.74, 6) is -0.914. The number of carboxylic acid groups (broad SMARTS) is 1. The minimum Gasteiger partial charge on any atom is -0.479 e. The molecule has 7 heteroatoms. The number of carbonyl (C=O) groups is 1. The number of halogens is 1. The van der Waals surface area contributed by atoms with Gasteiger partial charge in [-0.2, -0.15) is 0 Å². The molecule has 28 heavy (non-hydrogen) atoms. The number of hydrogen-bond donors (Lipinski definition) is 1. The lowest BCUT2D eigenvalue weighted by molar-refractivity contribution is -0.145. The van der Waals surface area contributed by atoms with Crippen molar-refractivity contribution in [1.82, 2.24) is 4.57 Å². The van der Waals surface area contributed by atoms with Crippen LogP contribution in [0.5, 0.6) is 0 Å². The third kappa shape index (κ3) is 3.66. The Balaban J connectivity index is 2.19. The first kappa shape index (κ1) is 20.4. The van der Waals surface area contributed by atoms with Gasteiger partial charge < -0.3 is 9.67 Å². The molecule has 0 radical (unpaired) electrons. The van der Waals surface area contributed by atoms with Crippen molar-refractivity contribution in [3.8, 4) is 0 Å². The summed E-state index contributed by atoms with van der Waals surface area (Å²) >= 11 is 5.99. The number of hydrogen-bond acceptors (Lipinski definition) is 3. The molecule has 1 unspecified atom stereocenters. The van der Waals surface area contributed by atoms with Gasteiger partial charge in [0.05, 0.1) is 5.75 Å². The van der Waals surface area contributed by atoms with E-state index in [-0.39, 0.29) is 5.75 Å². The second-order valence-corrected chi connectivity index (χ2v) is 9.64. The van der Waals surface area contributed by atoms with Gasteiger partial charge in [0, 0.05) is 28.4 Å². The van der Waals surface area contributed by atoms with Crippen LogP contribution in [0.2, 0.25) is 5.02 Å². The average molecular weight is 420 g/mol. The van der Waals surface area contributed by atoms with Crippen LogP contribution in [0.4, 0.5) is 0 Å². The molecule has 3 rings (SSSR count). The maximum Gasteiger partial charge on any atom is 0.334 e. The number of sulfone groups is 1. The second-order valence-electron chi connectivity index (χ2n) is 6.94. The summed E-state index contributed by atoms with van der Waals surface area (Å²) in [5, 5.41) is 11.6. The molecule has 1 N–H and O–H groups in total. The van der Waals surface area contributed by atoms with Crippen LogP contribution in [0, 0.1) is 0 Å². The van der Waals surface area contributed by atoms with E-state index in [9.17, 15) is 18.3 Å².